The third-order valence-corrected chi connectivity index (χ3v) is 4.52. The van der Waals surface area contributed by atoms with Crippen LogP contribution in [0, 0.1) is 0 Å². The van der Waals surface area contributed by atoms with Crippen molar-refractivity contribution in [2.24, 2.45) is 0 Å². The molecule has 158 valence electrons. The molecular formula is C22H34O6. The van der Waals surface area contributed by atoms with Crippen molar-refractivity contribution in [2.45, 2.75) is 82.4 Å². The van der Waals surface area contributed by atoms with E-state index in [4.69, 9.17) is 9.84 Å². The van der Waals surface area contributed by atoms with Gasteiger partial charge in [-0.15, -0.1) is 0 Å². The van der Waals surface area contributed by atoms with Gasteiger partial charge in [-0.1, -0.05) is 55.5 Å². The Labute approximate surface area is 167 Å². The second-order valence-electron chi connectivity index (χ2n) is 6.92. The van der Waals surface area contributed by atoms with Gasteiger partial charge >= 0.3 is 5.97 Å². The van der Waals surface area contributed by atoms with Crippen LogP contribution in [0.4, 0.5) is 0 Å². The Morgan fingerprint density at radius 2 is 1.71 bits per heavy atom. The first kappa shape index (κ1) is 24.3. The fraction of sp³-hybridized carbons (Fsp3) is 0.591. The summed E-state index contributed by atoms with van der Waals surface area (Å²) in [6, 6.07) is 0. The molecule has 0 aliphatic carbocycles. The highest BCUT2D eigenvalue weighted by atomic mass is 16.5. The summed E-state index contributed by atoms with van der Waals surface area (Å²) in [6.45, 7) is 1.86. The third-order valence-electron chi connectivity index (χ3n) is 4.52. The lowest BCUT2D eigenvalue weighted by Crippen LogP contribution is -2.24. The molecule has 1 aliphatic heterocycles. The Morgan fingerprint density at radius 3 is 2.36 bits per heavy atom. The SMILES string of the molecule is CC[C@@H](O)/C=C/[C@H](O)[C@H]1C[C@@H](O)[C@@H](C/C=C\C/C=C\C/C=C\CCC(=O)O)O1. The number of ether oxygens (including phenoxy) is 1. The molecule has 0 radical (unpaired) electrons. The number of carboxylic acids is 1. The van der Waals surface area contributed by atoms with Gasteiger partial charge in [-0.05, 0) is 32.1 Å². The second kappa shape index (κ2) is 14.3. The van der Waals surface area contributed by atoms with Gasteiger partial charge in [0.25, 0.3) is 0 Å². The van der Waals surface area contributed by atoms with Crippen LogP contribution < -0.4 is 0 Å². The van der Waals surface area contributed by atoms with E-state index in [0.717, 1.165) is 12.8 Å². The highest BCUT2D eigenvalue weighted by Gasteiger charge is 2.36. The summed E-state index contributed by atoms with van der Waals surface area (Å²) < 4.78 is 5.75. The zero-order valence-corrected chi connectivity index (χ0v) is 16.6. The number of allylic oxidation sites excluding steroid dienone is 5. The van der Waals surface area contributed by atoms with E-state index < -0.39 is 30.4 Å². The van der Waals surface area contributed by atoms with Gasteiger partial charge in [0.2, 0.25) is 0 Å². The number of rotatable bonds is 13. The number of carboxylic acid groups (broad SMARTS) is 1. The second-order valence-corrected chi connectivity index (χ2v) is 6.92. The van der Waals surface area contributed by atoms with Crippen LogP contribution in [0.2, 0.25) is 0 Å². The van der Waals surface area contributed by atoms with Gasteiger partial charge in [0.1, 0.15) is 0 Å². The van der Waals surface area contributed by atoms with E-state index in [9.17, 15) is 20.1 Å². The van der Waals surface area contributed by atoms with Crippen molar-refractivity contribution >= 4 is 5.97 Å². The summed E-state index contributed by atoms with van der Waals surface area (Å²) in [7, 11) is 0. The Balaban J connectivity index is 2.23. The zero-order valence-electron chi connectivity index (χ0n) is 16.6. The predicted molar refractivity (Wildman–Crippen MR) is 109 cm³/mol. The largest absolute Gasteiger partial charge is 0.481 e. The minimum Gasteiger partial charge on any atom is -0.481 e. The lowest BCUT2D eigenvalue weighted by Gasteiger charge is -2.16. The van der Waals surface area contributed by atoms with E-state index in [-0.39, 0.29) is 12.5 Å². The molecule has 6 heteroatoms. The fourth-order valence-corrected chi connectivity index (χ4v) is 2.79. The molecular weight excluding hydrogens is 360 g/mol. The lowest BCUT2D eigenvalue weighted by atomic mass is 10.0. The van der Waals surface area contributed by atoms with Gasteiger partial charge < -0.3 is 25.2 Å². The van der Waals surface area contributed by atoms with E-state index in [1.807, 2.05) is 43.4 Å². The van der Waals surface area contributed by atoms with Crippen LogP contribution in [-0.4, -0.2) is 56.9 Å². The Bertz CT molecular complexity index is 551. The average Bonchev–Trinajstić information content (AvgIpc) is 3.04. The van der Waals surface area contributed by atoms with Gasteiger partial charge in [-0.2, -0.15) is 0 Å². The molecule has 6 nitrogen and oxygen atoms in total. The van der Waals surface area contributed by atoms with Crippen LogP contribution in [0.5, 0.6) is 0 Å². The minimum atomic E-state index is -0.837. The van der Waals surface area contributed by atoms with Crippen molar-refractivity contribution in [3.63, 3.8) is 0 Å². The number of aliphatic hydroxyl groups is 3. The van der Waals surface area contributed by atoms with Crippen molar-refractivity contribution in [1.29, 1.82) is 0 Å². The van der Waals surface area contributed by atoms with E-state index in [1.165, 1.54) is 6.08 Å². The standard InChI is InChI=1S/C22H34O6/c1-2-17(23)14-15-18(24)21-16-19(25)20(28-21)12-10-8-6-4-3-5-7-9-11-13-22(26)27/h3-4,7-10,14-15,17-21,23-25H,2,5-6,11-13,16H2,1H3,(H,26,27)/b4-3-,9-7-,10-8-,15-14+/t17-,18+,19-,20-,21-/m1/s1. The van der Waals surface area contributed by atoms with Gasteiger partial charge in [-0.3, -0.25) is 4.79 Å². The molecule has 0 aromatic carbocycles. The maximum absolute atomic E-state index is 10.4. The molecule has 5 atom stereocenters. The Kier molecular flexibility index (Phi) is 12.4. The van der Waals surface area contributed by atoms with Crippen molar-refractivity contribution in [3.8, 4) is 0 Å². The van der Waals surface area contributed by atoms with Crippen molar-refractivity contribution in [1.82, 2.24) is 0 Å². The lowest BCUT2D eigenvalue weighted by molar-refractivity contribution is -0.136. The molecule has 0 bridgehead atoms. The van der Waals surface area contributed by atoms with E-state index >= 15 is 0 Å². The first-order chi connectivity index (χ1) is 13.4. The molecule has 1 heterocycles. The van der Waals surface area contributed by atoms with Gasteiger partial charge in [0.15, 0.2) is 0 Å². The van der Waals surface area contributed by atoms with Gasteiger partial charge in [0, 0.05) is 12.8 Å². The number of hydrogen-bond acceptors (Lipinski definition) is 5. The molecule has 4 N–H and O–H groups in total. The van der Waals surface area contributed by atoms with Crippen LogP contribution in [0.3, 0.4) is 0 Å². The Morgan fingerprint density at radius 1 is 1.07 bits per heavy atom. The van der Waals surface area contributed by atoms with Crippen LogP contribution in [0.15, 0.2) is 48.6 Å². The molecule has 0 spiro atoms. The first-order valence-electron chi connectivity index (χ1n) is 9.98. The summed E-state index contributed by atoms with van der Waals surface area (Å²) in [5.41, 5.74) is 0. The topological polar surface area (TPSA) is 107 Å². The molecule has 28 heavy (non-hydrogen) atoms. The van der Waals surface area contributed by atoms with Crippen LogP contribution >= 0.6 is 0 Å². The zero-order chi connectivity index (χ0) is 20.8. The summed E-state index contributed by atoms with van der Waals surface area (Å²) in [4.78, 5) is 10.4. The van der Waals surface area contributed by atoms with Crippen LogP contribution in [0.25, 0.3) is 0 Å². The van der Waals surface area contributed by atoms with Gasteiger partial charge in [-0.25, -0.2) is 0 Å². The monoisotopic (exact) mass is 394 g/mol. The third kappa shape index (κ3) is 10.6. The Hall–Kier alpha value is -1.73. The maximum Gasteiger partial charge on any atom is 0.303 e. The fourth-order valence-electron chi connectivity index (χ4n) is 2.79. The maximum atomic E-state index is 10.4. The molecule has 0 unspecified atom stereocenters. The molecule has 1 fully saturated rings. The minimum absolute atomic E-state index is 0.160. The quantitative estimate of drug-likeness (QED) is 0.358. The van der Waals surface area contributed by atoms with Crippen molar-refractivity contribution < 1.29 is 30.0 Å². The van der Waals surface area contributed by atoms with E-state index in [1.54, 1.807) is 6.08 Å². The van der Waals surface area contributed by atoms with Crippen molar-refractivity contribution in [2.75, 3.05) is 0 Å². The number of aliphatic hydroxyl groups excluding tert-OH is 3. The molecule has 0 saturated carbocycles. The summed E-state index contributed by atoms with van der Waals surface area (Å²) >= 11 is 0. The smallest absolute Gasteiger partial charge is 0.303 e. The molecule has 1 rings (SSSR count). The number of carbonyl (C=O) groups is 1. The number of aliphatic carboxylic acids is 1. The molecule has 0 aromatic heterocycles. The average molecular weight is 395 g/mol. The predicted octanol–water partition coefficient (Wildman–Crippen LogP) is 2.90. The molecule has 0 aromatic rings. The van der Waals surface area contributed by atoms with Crippen molar-refractivity contribution in [3.05, 3.63) is 48.6 Å². The van der Waals surface area contributed by atoms with E-state index in [0.29, 0.717) is 25.7 Å². The van der Waals surface area contributed by atoms with Gasteiger partial charge in [0.05, 0.1) is 30.5 Å². The summed E-state index contributed by atoms with van der Waals surface area (Å²) in [5.74, 6) is -0.783. The van der Waals surface area contributed by atoms with Crippen LogP contribution in [0.1, 0.15) is 51.9 Å². The highest BCUT2D eigenvalue weighted by molar-refractivity contribution is 5.66. The highest BCUT2D eigenvalue weighted by Crippen LogP contribution is 2.26. The molecule has 0 amide bonds. The number of hydrogen-bond donors (Lipinski definition) is 4. The van der Waals surface area contributed by atoms with Crippen LogP contribution in [-0.2, 0) is 9.53 Å². The normalized spacial score (nSPS) is 25.5. The molecule has 1 aliphatic rings. The first-order valence-corrected chi connectivity index (χ1v) is 9.98. The summed E-state index contributed by atoms with van der Waals surface area (Å²) in [6.07, 6.45) is 15.9. The van der Waals surface area contributed by atoms with E-state index in [2.05, 4.69) is 0 Å². The molecule has 1 saturated heterocycles. The summed E-state index contributed by atoms with van der Waals surface area (Å²) in [5, 5.41) is 38.2.